The number of carboxylic acid groups (broad SMARTS) is 1. The Hall–Kier alpha value is -0.940. The Morgan fingerprint density at radius 2 is 1.40 bits per heavy atom. The normalized spacial score (nSPS) is 13.9. The molecule has 0 saturated carbocycles. The van der Waals surface area contributed by atoms with E-state index in [9.17, 15) is 9.59 Å². The number of carboxylic acids is 1. The highest BCUT2D eigenvalue weighted by molar-refractivity contribution is 5.83. The Labute approximate surface area is 122 Å². The smallest absolute Gasteiger partial charge is 0.320 e. The van der Waals surface area contributed by atoms with Crippen LogP contribution in [0.1, 0.15) is 71.1 Å². The second kappa shape index (κ2) is 11.9. The molecule has 5 heteroatoms. The van der Waals surface area contributed by atoms with Gasteiger partial charge in [0.2, 0.25) is 0 Å². The molecule has 20 heavy (non-hydrogen) atoms. The molecule has 0 aromatic carbocycles. The lowest BCUT2D eigenvalue weighted by atomic mass is 9.99. The van der Waals surface area contributed by atoms with Crippen LogP contribution in [-0.4, -0.2) is 28.9 Å². The summed E-state index contributed by atoms with van der Waals surface area (Å²) in [6.07, 6.45) is 9.25. The first-order valence-electron chi connectivity index (χ1n) is 7.75. The Bertz CT molecular complexity index is 282. The molecule has 0 bridgehead atoms. The first kappa shape index (κ1) is 19.1. The first-order valence-corrected chi connectivity index (χ1v) is 7.75. The van der Waals surface area contributed by atoms with Crippen LogP contribution in [0.4, 0.5) is 0 Å². The fraction of sp³-hybridized carbons (Fsp3) is 0.867. The van der Waals surface area contributed by atoms with Gasteiger partial charge in [-0.3, -0.25) is 9.59 Å². The summed E-state index contributed by atoms with van der Waals surface area (Å²) in [5.41, 5.74) is 11.1. The van der Waals surface area contributed by atoms with Gasteiger partial charge in [-0.25, -0.2) is 0 Å². The van der Waals surface area contributed by atoms with Crippen molar-refractivity contribution in [2.24, 2.45) is 11.5 Å². The van der Waals surface area contributed by atoms with E-state index in [0.29, 0.717) is 12.8 Å². The fourth-order valence-corrected chi connectivity index (χ4v) is 2.09. The highest BCUT2D eigenvalue weighted by atomic mass is 16.4. The van der Waals surface area contributed by atoms with Crippen LogP contribution in [0.5, 0.6) is 0 Å². The lowest BCUT2D eigenvalue weighted by Gasteiger charge is -2.12. The van der Waals surface area contributed by atoms with E-state index in [1.165, 1.54) is 32.1 Å². The average Bonchev–Trinajstić information content (AvgIpc) is 2.42. The second-order valence-corrected chi connectivity index (χ2v) is 5.47. The quantitative estimate of drug-likeness (QED) is 0.450. The lowest BCUT2D eigenvalue weighted by molar-refractivity contribution is -0.138. The zero-order chi connectivity index (χ0) is 15.4. The highest BCUT2D eigenvalue weighted by Crippen LogP contribution is 2.10. The Morgan fingerprint density at radius 3 is 1.95 bits per heavy atom. The molecule has 5 N–H and O–H groups in total. The molecule has 118 valence electrons. The van der Waals surface area contributed by atoms with E-state index in [2.05, 4.69) is 6.92 Å². The van der Waals surface area contributed by atoms with Gasteiger partial charge < -0.3 is 16.6 Å². The predicted molar refractivity (Wildman–Crippen MR) is 80.4 cm³/mol. The molecule has 2 atom stereocenters. The maximum atomic E-state index is 11.7. The summed E-state index contributed by atoms with van der Waals surface area (Å²) in [6.45, 7) is 2.19. The van der Waals surface area contributed by atoms with Gasteiger partial charge in [-0.15, -0.1) is 0 Å². The van der Waals surface area contributed by atoms with E-state index >= 15 is 0 Å². The van der Waals surface area contributed by atoms with Gasteiger partial charge in [0.05, 0.1) is 6.04 Å². The molecule has 5 nitrogen and oxygen atoms in total. The molecule has 0 rings (SSSR count). The summed E-state index contributed by atoms with van der Waals surface area (Å²) in [7, 11) is 0. The molecular weight excluding hydrogens is 256 g/mol. The van der Waals surface area contributed by atoms with Crippen molar-refractivity contribution in [3.8, 4) is 0 Å². The van der Waals surface area contributed by atoms with Crippen molar-refractivity contribution < 1.29 is 14.7 Å². The van der Waals surface area contributed by atoms with Gasteiger partial charge in [0.15, 0.2) is 0 Å². The van der Waals surface area contributed by atoms with Gasteiger partial charge in [0.25, 0.3) is 0 Å². The summed E-state index contributed by atoms with van der Waals surface area (Å²) >= 11 is 0. The predicted octanol–water partition coefficient (Wildman–Crippen LogP) is 2.22. The van der Waals surface area contributed by atoms with E-state index < -0.39 is 18.1 Å². The summed E-state index contributed by atoms with van der Waals surface area (Å²) in [5, 5.41) is 8.64. The number of carbonyl (C=O) groups excluding carboxylic acids is 1. The maximum Gasteiger partial charge on any atom is 0.320 e. The number of carbonyl (C=O) groups is 2. The van der Waals surface area contributed by atoms with E-state index in [1.54, 1.807) is 0 Å². The van der Waals surface area contributed by atoms with E-state index in [1.807, 2.05) is 0 Å². The average molecular weight is 286 g/mol. The standard InChI is InChI=1S/C15H30N2O3/c1-2-3-4-5-6-7-8-9-14(18)12(16)10-11-13(17)15(19)20/h12-13H,2-11,16-17H2,1H3,(H,19,20)/t12?,13-/m0/s1. The zero-order valence-corrected chi connectivity index (χ0v) is 12.6. The molecule has 0 aliphatic heterocycles. The van der Waals surface area contributed by atoms with Crippen LogP contribution in [-0.2, 0) is 9.59 Å². The third kappa shape index (κ3) is 9.92. The minimum absolute atomic E-state index is 0.0242. The topological polar surface area (TPSA) is 106 Å². The van der Waals surface area contributed by atoms with Gasteiger partial charge in [-0.1, -0.05) is 45.4 Å². The number of hydrogen-bond acceptors (Lipinski definition) is 4. The van der Waals surface area contributed by atoms with E-state index in [0.717, 1.165) is 12.8 Å². The first-order chi connectivity index (χ1) is 9.49. The number of ketones is 1. The molecule has 0 saturated heterocycles. The minimum Gasteiger partial charge on any atom is -0.480 e. The number of unbranched alkanes of at least 4 members (excludes halogenated alkanes) is 6. The molecule has 0 amide bonds. The lowest BCUT2D eigenvalue weighted by Crippen LogP contribution is -2.35. The van der Waals surface area contributed by atoms with Crippen molar-refractivity contribution in [2.75, 3.05) is 0 Å². The van der Waals surface area contributed by atoms with Crippen molar-refractivity contribution in [3.05, 3.63) is 0 Å². The van der Waals surface area contributed by atoms with Crippen molar-refractivity contribution in [1.82, 2.24) is 0 Å². The summed E-state index contributed by atoms with van der Waals surface area (Å²) in [6, 6.07) is -1.49. The van der Waals surface area contributed by atoms with Crippen LogP contribution in [0.3, 0.4) is 0 Å². The molecule has 1 unspecified atom stereocenters. The molecule has 0 aromatic rings. The zero-order valence-electron chi connectivity index (χ0n) is 12.6. The largest absolute Gasteiger partial charge is 0.480 e. The summed E-state index contributed by atoms with van der Waals surface area (Å²) in [5.74, 6) is -1.02. The molecule has 0 spiro atoms. The SMILES string of the molecule is CCCCCCCCCC(=O)C(N)CC[C@H](N)C(=O)O. The summed E-state index contributed by atoms with van der Waals surface area (Å²) < 4.78 is 0. The van der Waals surface area contributed by atoms with Crippen LogP contribution < -0.4 is 11.5 Å². The molecule has 0 aliphatic rings. The molecular formula is C15H30N2O3. The maximum absolute atomic E-state index is 11.7. The van der Waals surface area contributed by atoms with Crippen molar-refractivity contribution >= 4 is 11.8 Å². The van der Waals surface area contributed by atoms with Crippen molar-refractivity contribution in [3.63, 3.8) is 0 Å². The van der Waals surface area contributed by atoms with Crippen molar-refractivity contribution in [2.45, 2.75) is 83.2 Å². The van der Waals surface area contributed by atoms with Crippen LogP contribution >= 0.6 is 0 Å². The van der Waals surface area contributed by atoms with Gasteiger partial charge in [0, 0.05) is 6.42 Å². The molecule has 0 radical (unpaired) electrons. The van der Waals surface area contributed by atoms with Crippen LogP contribution in [0.25, 0.3) is 0 Å². The Kier molecular flexibility index (Phi) is 11.3. The molecule has 0 aliphatic carbocycles. The Morgan fingerprint density at radius 1 is 0.900 bits per heavy atom. The van der Waals surface area contributed by atoms with Gasteiger partial charge in [-0.05, 0) is 19.3 Å². The van der Waals surface area contributed by atoms with Crippen LogP contribution in [0.2, 0.25) is 0 Å². The third-order valence-corrected chi connectivity index (χ3v) is 3.55. The monoisotopic (exact) mass is 286 g/mol. The van der Waals surface area contributed by atoms with Crippen LogP contribution in [0, 0.1) is 0 Å². The minimum atomic E-state index is -1.04. The van der Waals surface area contributed by atoms with Gasteiger partial charge in [0.1, 0.15) is 11.8 Å². The highest BCUT2D eigenvalue weighted by Gasteiger charge is 2.17. The number of rotatable bonds is 13. The van der Waals surface area contributed by atoms with E-state index in [4.69, 9.17) is 16.6 Å². The molecule has 0 fully saturated rings. The second-order valence-electron chi connectivity index (χ2n) is 5.47. The summed E-state index contributed by atoms with van der Waals surface area (Å²) in [4.78, 5) is 22.3. The van der Waals surface area contributed by atoms with Gasteiger partial charge in [-0.2, -0.15) is 0 Å². The fourth-order valence-electron chi connectivity index (χ4n) is 2.09. The molecule has 0 heterocycles. The number of Topliss-reactive ketones (excluding diaryl/α,β-unsaturated/α-hetero) is 1. The van der Waals surface area contributed by atoms with E-state index in [-0.39, 0.29) is 12.2 Å². The Balaban J connectivity index is 3.57. The van der Waals surface area contributed by atoms with Gasteiger partial charge >= 0.3 is 5.97 Å². The number of hydrogen-bond donors (Lipinski definition) is 3. The van der Waals surface area contributed by atoms with Crippen molar-refractivity contribution in [1.29, 1.82) is 0 Å². The molecule has 0 aromatic heterocycles. The third-order valence-electron chi connectivity index (χ3n) is 3.55. The number of nitrogens with two attached hydrogens (primary N) is 2. The number of aliphatic carboxylic acids is 1. The van der Waals surface area contributed by atoms with Crippen LogP contribution in [0.15, 0.2) is 0 Å².